The van der Waals surface area contributed by atoms with Crippen LogP contribution in [-0.4, -0.2) is 37.2 Å². The Balaban J connectivity index is 4.42. The van der Waals surface area contributed by atoms with Crippen LogP contribution in [0.5, 0.6) is 0 Å². The second kappa shape index (κ2) is 59.2. The van der Waals surface area contributed by atoms with Crippen LogP contribution in [0.2, 0.25) is 0 Å². The lowest BCUT2D eigenvalue weighted by atomic mass is 10.0. The first kappa shape index (κ1) is 67.6. The Kier molecular flexibility index (Phi) is 56.3. The lowest BCUT2D eigenvalue weighted by Gasteiger charge is -2.18. The molecule has 0 saturated carbocycles. The molecule has 6 heteroatoms. The molecule has 0 aromatic heterocycles. The van der Waals surface area contributed by atoms with Crippen LogP contribution in [0.4, 0.5) is 0 Å². The zero-order valence-corrected chi connectivity index (χ0v) is 46.7. The van der Waals surface area contributed by atoms with Gasteiger partial charge in [-0.25, -0.2) is 0 Å². The third kappa shape index (κ3) is 57.4. The highest BCUT2D eigenvalue weighted by molar-refractivity contribution is 5.71. The zero-order valence-electron chi connectivity index (χ0n) is 46.7. The average Bonchev–Trinajstić information content (AvgIpc) is 3.37. The molecule has 1 atom stereocenters. The Morgan fingerprint density at radius 3 is 0.887 bits per heavy atom. The van der Waals surface area contributed by atoms with E-state index in [0.29, 0.717) is 19.3 Å². The maximum absolute atomic E-state index is 12.9. The van der Waals surface area contributed by atoms with Gasteiger partial charge in [0.15, 0.2) is 6.10 Å². The summed E-state index contributed by atoms with van der Waals surface area (Å²) in [5.41, 5.74) is 0. The van der Waals surface area contributed by atoms with Gasteiger partial charge in [-0.2, -0.15) is 0 Å². The van der Waals surface area contributed by atoms with Gasteiger partial charge in [0.2, 0.25) is 0 Å². The van der Waals surface area contributed by atoms with Crippen molar-refractivity contribution >= 4 is 17.9 Å². The van der Waals surface area contributed by atoms with E-state index in [0.717, 1.165) is 128 Å². The number of allylic oxidation sites excluding steroid dienone is 14. The number of hydrogen-bond acceptors (Lipinski definition) is 6. The van der Waals surface area contributed by atoms with E-state index in [1.165, 1.54) is 122 Å². The molecule has 0 fully saturated rings. The fraction of sp³-hybridized carbons (Fsp3) is 0.738. The number of unbranched alkanes of at least 4 members (excludes halogenated alkanes) is 29. The second-order valence-electron chi connectivity index (χ2n) is 19.9. The minimum atomic E-state index is -0.790. The average molecular weight is 990 g/mol. The van der Waals surface area contributed by atoms with Gasteiger partial charge >= 0.3 is 17.9 Å². The normalized spacial score (nSPS) is 12.7. The topological polar surface area (TPSA) is 78.9 Å². The van der Waals surface area contributed by atoms with Crippen molar-refractivity contribution in [1.29, 1.82) is 0 Å². The van der Waals surface area contributed by atoms with Crippen LogP contribution in [0.15, 0.2) is 85.1 Å². The number of esters is 3. The quantitative estimate of drug-likeness (QED) is 0.0261. The number of rotatable bonds is 54. The molecular weight excluding hydrogens is 877 g/mol. The molecule has 0 aliphatic rings. The predicted molar refractivity (Wildman–Crippen MR) is 307 cm³/mol. The Morgan fingerprint density at radius 2 is 0.549 bits per heavy atom. The van der Waals surface area contributed by atoms with E-state index in [4.69, 9.17) is 14.2 Å². The van der Waals surface area contributed by atoms with Crippen LogP contribution in [0.25, 0.3) is 0 Å². The smallest absolute Gasteiger partial charge is 0.306 e. The third-order valence-electron chi connectivity index (χ3n) is 12.9. The molecule has 0 bridgehead atoms. The van der Waals surface area contributed by atoms with Gasteiger partial charge in [0, 0.05) is 19.3 Å². The van der Waals surface area contributed by atoms with Crippen molar-refractivity contribution in [2.75, 3.05) is 13.2 Å². The SMILES string of the molecule is CC/C=C\C/C=C\C/C=C\C/C=C\C/C=C\CCCCCCCC(=O)OCC(COC(=O)CCCCCCC/C=C\C/C=C\CCCCC)OC(=O)CCCCCCCCCCCCCCCCCCC. The fourth-order valence-corrected chi connectivity index (χ4v) is 8.38. The van der Waals surface area contributed by atoms with Crippen molar-refractivity contribution < 1.29 is 28.6 Å². The van der Waals surface area contributed by atoms with Gasteiger partial charge in [0.1, 0.15) is 13.2 Å². The Hall–Kier alpha value is -3.41. The molecule has 6 nitrogen and oxygen atoms in total. The summed E-state index contributed by atoms with van der Waals surface area (Å²) in [4.78, 5) is 38.2. The van der Waals surface area contributed by atoms with Crippen molar-refractivity contribution in [2.24, 2.45) is 0 Å². The van der Waals surface area contributed by atoms with Crippen LogP contribution in [-0.2, 0) is 28.6 Å². The first-order valence-corrected chi connectivity index (χ1v) is 30.1. The van der Waals surface area contributed by atoms with Gasteiger partial charge in [0.25, 0.3) is 0 Å². The predicted octanol–water partition coefficient (Wildman–Crippen LogP) is 20.3. The first-order chi connectivity index (χ1) is 35.0. The van der Waals surface area contributed by atoms with Crippen LogP contribution in [0.1, 0.15) is 290 Å². The lowest BCUT2D eigenvalue weighted by molar-refractivity contribution is -0.167. The van der Waals surface area contributed by atoms with Crippen LogP contribution >= 0.6 is 0 Å². The lowest BCUT2D eigenvalue weighted by Crippen LogP contribution is -2.30. The minimum absolute atomic E-state index is 0.0882. The standard InChI is InChI=1S/C65H112O6/c1-4-7-10-13-16-19-22-25-28-30-31-32-33-35-37-40-43-46-49-52-55-58-64(67)70-61-62(60-69-63(66)57-54-51-48-45-42-39-36-27-24-21-18-15-12-9-6-3)71-65(68)59-56-53-50-47-44-41-38-34-29-26-23-20-17-14-11-8-5-2/h7,10,16,18-19,21,25,27-28,31-32,35-37,62H,4-6,8-9,11-15,17,20,22-24,26,29-30,33-34,38-61H2,1-3H3/b10-7-,19-16-,21-18-,28-25-,32-31-,36-27-,37-35-. The van der Waals surface area contributed by atoms with Gasteiger partial charge in [-0.05, 0) is 96.3 Å². The first-order valence-electron chi connectivity index (χ1n) is 30.1. The Bertz CT molecular complexity index is 1370. The minimum Gasteiger partial charge on any atom is -0.462 e. The third-order valence-corrected chi connectivity index (χ3v) is 12.9. The van der Waals surface area contributed by atoms with Gasteiger partial charge in [-0.1, -0.05) is 260 Å². The largest absolute Gasteiger partial charge is 0.462 e. The molecular formula is C65H112O6. The maximum Gasteiger partial charge on any atom is 0.306 e. The van der Waals surface area contributed by atoms with E-state index >= 15 is 0 Å². The van der Waals surface area contributed by atoms with Crippen molar-refractivity contribution in [3.63, 3.8) is 0 Å². The fourth-order valence-electron chi connectivity index (χ4n) is 8.38. The van der Waals surface area contributed by atoms with Crippen molar-refractivity contribution in [1.82, 2.24) is 0 Å². The van der Waals surface area contributed by atoms with Gasteiger partial charge in [-0.3, -0.25) is 14.4 Å². The molecule has 408 valence electrons. The Labute approximate surface area is 439 Å². The molecule has 0 radical (unpaired) electrons. The van der Waals surface area contributed by atoms with E-state index in [2.05, 4.69) is 106 Å². The molecule has 0 saturated heterocycles. The molecule has 0 heterocycles. The van der Waals surface area contributed by atoms with E-state index in [1.54, 1.807) is 0 Å². The summed E-state index contributed by atoms with van der Waals surface area (Å²) in [6.45, 7) is 6.50. The number of carbonyl (C=O) groups is 3. The summed E-state index contributed by atoms with van der Waals surface area (Å²) in [5.74, 6) is -0.909. The van der Waals surface area contributed by atoms with Crippen molar-refractivity contribution in [2.45, 2.75) is 297 Å². The van der Waals surface area contributed by atoms with E-state index in [1.807, 2.05) is 0 Å². The molecule has 0 aromatic carbocycles. The molecule has 0 aliphatic heterocycles. The number of hydrogen-bond donors (Lipinski definition) is 0. The molecule has 0 aliphatic carbocycles. The van der Waals surface area contributed by atoms with Crippen LogP contribution in [0, 0.1) is 0 Å². The van der Waals surface area contributed by atoms with E-state index in [-0.39, 0.29) is 31.1 Å². The molecule has 71 heavy (non-hydrogen) atoms. The highest BCUT2D eigenvalue weighted by Gasteiger charge is 2.19. The van der Waals surface area contributed by atoms with Crippen molar-refractivity contribution in [3.05, 3.63) is 85.1 Å². The van der Waals surface area contributed by atoms with Crippen LogP contribution in [0.3, 0.4) is 0 Å². The highest BCUT2D eigenvalue weighted by atomic mass is 16.6. The monoisotopic (exact) mass is 989 g/mol. The zero-order chi connectivity index (χ0) is 51.4. The highest BCUT2D eigenvalue weighted by Crippen LogP contribution is 2.16. The summed E-state index contributed by atoms with van der Waals surface area (Å²) in [5, 5.41) is 0. The molecule has 0 rings (SSSR count). The van der Waals surface area contributed by atoms with E-state index < -0.39 is 6.10 Å². The van der Waals surface area contributed by atoms with Crippen LogP contribution < -0.4 is 0 Å². The number of ether oxygens (including phenoxy) is 3. The summed E-state index contributed by atoms with van der Waals surface area (Å²) in [7, 11) is 0. The molecule has 0 spiro atoms. The molecule has 0 amide bonds. The maximum atomic E-state index is 12.9. The molecule has 0 N–H and O–H groups in total. The van der Waals surface area contributed by atoms with Crippen molar-refractivity contribution in [3.8, 4) is 0 Å². The summed E-state index contributed by atoms with van der Waals surface area (Å²) in [6.07, 6.45) is 77.1. The van der Waals surface area contributed by atoms with Gasteiger partial charge in [0.05, 0.1) is 0 Å². The summed E-state index contributed by atoms with van der Waals surface area (Å²) in [6, 6.07) is 0. The molecule has 0 aromatic rings. The molecule has 1 unspecified atom stereocenters. The summed E-state index contributed by atoms with van der Waals surface area (Å²) >= 11 is 0. The van der Waals surface area contributed by atoms with Gasteiger partial charge in [-0.15, -0.1) is 0 Å². The second-order valence-corrected chi connectivity index (χ2v) is 19.9. The Morgan fingerprint density at radius 1 is 0.296 bits per heavy atom. The summed E-state index contributed by atoms with van der Waals surface area (Å²) < 4.78 is 16.9. The van der Waals surface area contributed by atoms with Gasteiger partial charge < -0.3 is 14.2 Å². The number of carbonyl (C=O) groups excluding carboxylic acids is 3. The van der Waals surface area contributed by atoms with E-state index in [9.17, 15) is 14.4 Å².